The van der Waals surface area contributed by atoms with Gasteiger partial charge in [0.15, 0.2) is 0 Å². The minimum atomic E-state index is 0.437. The highest BCUT2D eigenvalue weighted by molar-refractivity contribution is 6.13. The first-order valence-corrected chi connectivity index (χ1v) is 10.7. The molecule has 0 fully saturated rings. The van der Waals surface area contributed by atoms with Gasteiger partial charge in [-0.2, -0.15) is 0 Å². The van der Waals surface area contributed by atoms with Gasteiger partial charge >= 0.3 is 0 Å². The van der Waals surface area contributed by atoms with Crippen molar-refractivity contribution in [2.24, 2.45) is 0 Å². The first-order chi connectivity index (χ1) is 12.7. The number of hydrogen-bond donors (Lipinski definition) is 0. The molecule has 3 heteroatoms. The highest BCUT2D eigenvalue weighted by Gasteiger charge is 2.16. The first-order valence-electron chi connectivity index (χ1n) is 10.4. The van der Waals surface area contributed by atoms with Crippen LogP contribution in [0.2, 0.25) is 0 Å². The average molecular weight is 380 g/mol. The summed E-state index contributed by atoms with van der Waals surface area (Å²) in [4.78, 5) is 0. The van der Waals surface area contributed by atoms with Crippen molar-refractivity contribution in [1.29, 1.82) is 0 Å². The van der Waals surface area contributed by atoms with Crippen molar-refractivity contribution in [3.8, 4) is 5.75 Å². The molecule has 0 aliphatic heterocycles. The molecule has 0 N–H and O–H groups in total. The lowest BCUT2D eigenvalue weighted by Gasteiger charge is -2.25. The minimum Gasteiger partial charge on any atom is -0.497 e. The van der Waals surface area contributed by atoms with Crippen molar-refractivity contribution >= 4 is 11.8 Å². The standard InChI is InChI=1S/C23H38ClNO/c1-4-6-8-10-12-14-22(15-13-11-9-7-5-2)25(24)20-21-16-18-23(26-3)19-17-21/h8,10,16-19,22H,4-7,9,11-15,20H2,1-3H3/b10-8+. The SMILES string of the molecule is CCC/C=C/CCC(CCCCCCC)N(Cl)Cc1ccc(OC)cc1. The molecule has 0 saturated carbocycles. The first kappa shape index (κ1) is 23.0. The van der Waals surface area contributed by atoms with Crippen LogP contribution in [0.1, 0.15) is 83.6 Å². The summed E-state index contributed by atoms with van der Waals surface area (Å²) in [7, 11) is 1.70. The molecule has 0 aliphatic rings. The number of allylic oxidation sites excluding steroid dienone is 2. The quantitative estimate of drug-likeness (QED) is 0.177. The second kappa shape index (κ2) is 15.1. The van der Waals surface area contributed by atoms with Crippen LogP contribution in [-0.2, 0) is 6.54 Å². The number of unbranched alkanes of at least 4 members (excludes halogenated alkanes) is 5. The molecule has 1 aromatic rings. The van der Waals surface area contributed by atoms with Crippen molar-refractivity contribution in [2.45, 2.75) is 90.6 Å². The van der Waals surface area contributed by atoms with E-state index in [1.165, 1.54) is 56.9 Å². The number of ether oxygens (including phenoxy) is 1. The Kier molecular flexibility index (Phi) is 13.4. The summed E-state index contributed by atoms with van der Waals surface area (Å²) in [6, 6.07) is 8.66. The summed E-state index contributed by atoms with van der Waals surface area (Å²) < 4.78 is 7.26. The number of nitrogens with zero attached hydrogens (tertiary/aromatic N) is 1. The molecular formula is C23H38ClNO. The van der Waals surface area contributed by atoms with Gasteiger partial charge in [0.05, 0.1) is 7.11 Å². The van der Waals surface area contributed by atoms with E-state index in [-0.39, 0.29) is 0 Å². The van der Waals surface area contributed by atoms with Crippen LogP contribution in [0.15, 0.2) is 36.4 Å². The maximum absolute atomic E-state index is 6.71. The maximum Gasteiger partial charge on any atom is 0.118 e. The normalized spacial score (nSPS) is 12.8. The molecule has 0 amide bonds. The van der Waals surface area contributed by atoms with Gasteiger partial charge < -0.3 is 4.74 Å². The lowest BCUT2D eigenvalue weighted by Crippen LogP contribution is -2.26. The minimum absolute atomic E-state index is 0.437. The predicted octanol–water partition coefficient (Wildman–Crippen LogP) is 7.52. The zero-order valence-corrected chi connectivity index (χ0v) is 17.8. The van der Waals surface area contributed by atoms with Crippen molar-refractivity contribution in [3.63, 3.8) is 0 Å². The number of rotatable bonds is 15. The van der Waals surface area contributed by atoms with Crippen LogP contribution in [0.3, 0.4) is 0 Å². The Morgan fingerprint density at radius 1 is 0.923 bits per heavy atom. The molecule has 1 unspecified atom stereocenters. The summed E-state index contributed by atoms with van der Waals surface area (Å²) in [6.07, 6.45) is 17.1. The summed E-state index contributed by atoms with van der Waals surface area (Å²) in [5.74, 6) is 0.892. The van der Waals surface area contributed by atoms with Crippen molar-refractivity contribution in [3.05, 3.63) is 42.0 Å². The average Bonchev–Trinajstić information content (AvgIpc) is 2.66. The van der Waals surface area contributed by atoms with E-state index in [2.05, 4.69) is 38.1 Å². The van der Waals surface area contributed by atoms with E-state index in [0.29, 0.717) is 6.04 Å². The van der Waals surface area contributed by atoms with Gasteiger partial charge in [-0.1, -0.05) is 76.7 Å². The van der Waals surface area contributed by atoms with E-state index in [4.69, 9.17) is 16.5 Å². The Hall–Kier alpha value is -0.990. The molecule has 1 rings (SSSR count). The van der Waals surface area contributed by atoms with Crippen molar-refractivity contribution in [1.82, 2.24) is 4.42 Å². The van der Waals surface area contributed by atoms with Gasteiger partial charge in [0.1, 0.15) is 5.75 Å². The van der Waals surface area contributed by atoms with Crippen LogP contribution in [-0.4, -0.2) is 17.6 Å². The molecule has 0 aromatic heterocycles. The summed E-state index contributed by atoms with van der Waals surface area (Å²) in [5.41, 5.74) is 1.23. The van der Waals surface area contributed by atoms with E-state index in [9.17, 15) is 0 Å². The van der Waals surface area contributed by atoms with Crippen LogP contribution in [0.5, 0.6) is 5.75 Å². The summed E-state index contributed by atoms with van der Waals surface area (Å²) >= 11 is 6.71. The van der Waals surface area contributed by atoms with Crippen LogP contribution in [0.4, 0.5) is 0 Å². The Morgan fingerprint density at radius 2 is 1.62 bits per heavy atom. The number of halogens is 1. The molecule has 0 aliphatic carbocycles. The van der Waals surface area contributed by atoms with Gasteiger partial charge in [0, 0.05) is 12.6 Å². The van der Waals surface area contributed by atoms with Gasteiger partial charge in [-0.15, -0.1) is 0 Å². The Labute approximate surface area is 166 Å². The Morgan fingerprint density at radius 3 is 2.27 bits per heavy atom. The lowest BCUT2D eigenvalue weighted by atomic mass is 10.0. The molecule has 0 bridgehead atoms. The van der Waals surface area contributed by atoms with Crippen LogP contribution >= 0.6 is 11.8 Å². The molecule has 1 atom stereocenters. The molecule has 0 spiro atoms. The molecule has 1 aromatic carbocycles. The molecule has 2 nitrogen and oxygen atoms in total. The molecule has 0 radical (unpaired) electrons. The third-order valence-electron chi connectivity index (χ3n) is 4.82. The Balaban J connectivity index is 2.52. The molecule has 0 heterocycles. The van der Waals surface area contributed by atoms with Crippen molar-refractivity contribution < 1.29 is 4.74 Å². The van der Waals surface area contributed by atoms with Crippen LogP contribution in [0.25, 0.3) is 0 Å². The topological polar surface area (TPSA) is 12.5 Å². The monoisotopic (exact) mass is 379 g/mol. The number of hydrogen-bond acceptors (Lipinski definition) is 2. The third kappa shape index (κ3) is 10.2. The molecule has 148 valence electrons. The lowest BCUT2D eigenvalue weighted by molar-refractivity contribution is 0.291. The fourth-order valence-electron chi connectivity index (χ4n) is 3.13. The highest BCUT2D eigenvalue weighted by atomic mass is 35.5. The highest BCUT2D eigenvalue weighted by Crippen LogP contribution is 2.22. The van der Waals surface area contributed by atoms with Gasteiger partial charge in [-0.25, -0.2) is 4.42 Å². The third-order valence-corrected chi connectivity index (χ3v) is 5.21. The zero-order chi connectivity index (χ0) is 19.0. The second-order valence-corrected chi connectivity index (χ2v) is 7.53. The molecule has 0 saturated heterocycles. The van der Waals surface area contributed by atoms with E-state index in [0.717, 1.165) is 25.1 Å². The van der Waals surface area contributed by atoms with E-state index >= 15 is 0 Å². The van der Waals surface area contributed by atoms with E-state index in [1.807, 2.05) is 16.6 Å². The maximum atomic E-state index is 6.71. The van der Waals surface area contributed by atoms with E-state index in [1.54, 1.807) is 7.11 Å². The van der Waals surface area contributed by atoms with Gasteiger partial charge in [0.25, 0.3) is 0 Å². The Bertz CT molecular complexity index is 472. The number of methoxy groups -OCH3 is 1. The fraction of sp³-hybridized carbons (Fsp3) is 0.652. The summed E-state index contributed by atoms with van der Waals surface area (Å²) in [6.45, 7) is 5.27. The number of benzene rings is 1. The fourth-order valence-corrected chi connectivity index (χ4v) is 3.47. The van der Waals surface area contributed by atoms with Crippen LogP contribution < -0.4 is 4.74 Å². The van der Waals surface area contributed by atoms with Gasteiger partial charge in [-0.3, -0.25) is 0 Å². The van der Waals surface area contributed by atoms with E-state index < -0.39 is 0 Å². The van der Waals surface area contributed by atoms with Crippen LogP contribution in [0, 0.1) is 0 Å². The van der Waals surface area contributed by atoms with Crippen molar-refractivity contribution in [2.75, 3.05) is 7.11 Å². The smallest absolute Gasteiger partial charge is 0.118 e. The van der Waals surface area contributed by atoms with Gasteiger partial charge in [-0.05, 0) is 55.2 Å². The van der Waals surface area contributed by atoms with Gasteiger partial charge in [0.2, 0.25) is 0 Å². The predicted molar refractivity (Wildman–Crippen MR) is 115 cm³/mol. The zero-order valence-electron chi connectivity index (χ0n) is 17.1. The molecule has 26 heavy (non-hydrogen) atoms. The largest absolute Gasteiger partial charge is 0.497 e. The second-order valence-electron chi connectivity index (χ2n) is 7.10. The summed E-state index contributed by atoms with van der Waals surface area (Å²) in [5, 5.41) is 0. The molecular weight excluding hydrogens is 342 g/mol.